The van der Waals surface area contributed by atoms with Crippen molar-refractivity contribution in [3.05, 3.63) is 30.6 Å². The first-order valence-electron chi connectivity index (χ1n) is 7.88. The van der Waals surface area contributed by atoms with Crippen molar-refractivity contribution >= 4 is 27.8 Å². The van der Waals surface area contributed by atoms with Gasteiger partial charge in [-0.25, -0.2) is 9.97 Å². The van der Waals surface area contributed by atoms with E-state index in [0.29, 0.717) is 12.4 Å². The number of nitrogen functional groups attached to an aromatic ring is 1. The minimum atomic E-state index is -0.634. The van der Waals surface area contributed by atoms with Gasteiger partial charge in [-0.05, 0) is 18.9 Å². The van der Waals surface area contributed by atoms with Crippen molar-refractivity contribution in [1.82, 2.24) is 14.5 Å². The van der Waals surface area contributed by atoms with Crippen LogP contribution >= 0.6 is 0 Å². The molecule has 0 aliphatic heterocycles. The highest BCUT2D eigenvalue weighted by Gasteiger charge is 2.30. The summed E-state index contributed by atoms with van der Waals surface area (Å²) in [6, 6.07) is 7.94. The van der Waals surface area contributed by atoms with Crippen LogP contribution in [0, 0.1) is 0 Å². The molecule has 0 bridgehead atoms. The molecule has 1 aliphatic rings. The van der Waals surface area contributed by atoms with Crippen molar-refractivity contribution in [2.45, 2.75) is 44.2 Å². The number of pyridine rings is 1. The van der Waals surface area contributed by atoms with Crippen LogP contribution in [0.1, 0.15) is 32.1 Å². The smallest absolute Gasteiger partial charge is 0.152 e. The molecule has 0 saturated heterocycles. The zero-order valence-electron chi connectivity index (χ0n) is 12.5. The summed E-state index contributed by atoms with van der Waals surface area (Å²) in [5, 5.41) is 11.9. The van der Waals surface area contributed by atoms with Crippen molar-refractivity contribution < 1.29 is 5.11 Å². The van der Waals surface area contributed by atoms with Gasteiger partial charge in [0.1, 0.15) is 5.52 Å². The van der Waals surface area contributed by atoms with Crippen LogP contribution < -0.4 is 5.73 Å². The third-order valence-electron chi connectivity index (χ3n) is 4.73. The zero-order valence-corrected chi connectivity index (χ0v) is 12.5. The molecule has 0 unspecified atom stereocenters. The van der Waals surface area contributed by atoms with Crippen molar-refractivity contribution in [2.24, 2.45) is 0 Å². The van der Waals surface area contributed by atoms with Crippen molar-refractivity contribution in [3.63, 3.8) is 0 Å². The van der Waals surface area contributed by atoms with Gasteiger partial charge in [0.15, 0.2) is 5.82 Å². The largest absolute Gasteiger partial charge is 0.388 e. The molecule has 5 heteroatoms. The lowest BCUT2D eigenvalue weighted by atomic mass is 9.85. The van der Waals surface area contributed by atoms with E-state index in [1.54, 1.807) is 6.33 Å². The molecule has 3 aromatic rings. The van der Waals surface area contributed by atoms with Gasteiger partial charge < -0.3 is 15.4 Å². The Morgan fingerprint density at radius 3 is 2.77 bits per heavy atom. The predicted molar refractivity (Wildman–Crippen MR) is 87.5 cm³/mol. The number of aromatic nitrogens is 3. The van der Waals surface area contributed by atoms with Gasteiger partial charge in [0, 0.05) is 5.39 Å². The van der Waals surface area contributed by atoms with Crippen LogP contribution in [0.15, 0.2) is 30.6 Å². The molecule has 1 fully saturated rings. The number of anilines is 1. The number of fused-ring (bicyclic) bond motifs is 3. The van der Waals surface area contributed by atoms with Gasteiger partial charge in [0.05, 0.1) is 29.5 Å². The van der Waals surface area contributed by atoms with E-state index in [4.69, 9.17) is 5.73 Å². The summed E-state index contributed by atoms with van der Waals surface area (Å²) in [5.41, 5.74) is 7.98. The number of hydrogen-bond acceptors (Lipinski definition) is 4. The summed E-state index contributed by atoms with van der Waals surface area (Å²) in [6.07, 6.45) is 6.88. The Kier molecular flexibility index (Phi) is 3.04. The fourth-order valence-corrected chi connectivity index (χ4v) is 3.61. The minimum Gasteiger partial charge on any atom is -0.388 e. The molecule has 5 nitrogen and oxygen atoms in total. The standard InChI is InChI=1S/C17H20N4O/c18-16-14-15(12-6-2-3-7-13(12)20-16)21(11-19-14)10-17(22)8-4-1-5-9-17/h2-3,6-7,11,22H,1,4-5,8-10H2,(H2,18,20). The topological polar surface area (TPSA) is 77.0 Å². The molecular weight excluding hydrogens is 276 g/mol. The Bertz CT molecular complexity index is 833. The van der Waals surface area contributed by atoms with Crippen LogP contribution in [-0.2, 0) is 6.54 Å². The molecule has 22 heavy (non-hydrogen) atoms. The second-order valence-electron chi connectivity index (χ2n) is 6.37. The highest BCUT2D eigenvalue weighted by atomic mass is 16.3. The van der Waals surface area contributed by atoms with Gasteiger partial charge in [0.2, 0.25) is 0 Å². The first-order valence-corrected chi connectivity index (χ1v) is 7.88. The number of nitrogens with zero attached hydrogens (tertiary/aromatic N) is 3. The highest BCUT2D eigenvalue weighted by molar-refractivity contribution is 6.06. The van der Waals surface area contributed by atoms with E-state index in [-0.39, 0.29) is 0 Å². The fourth-order valence-electron chi connectivity index (χ4n) is 3.61. The molecule has 2 heterocycles. The predicted octanol–water partition coefficient (Wildman–Crippen LogP) is 2.86. The van der Waals surface area contributed by atoms with Gasteiger partial charge in [-0.15, -0.1) is 0 Å². The maximum Gasteiger partial charge on any atom is 0.152 e. The fraction of sp³-hybridized carbons (Fsp3) is 0.412. The van der Waals surface area contributed by atoms with E-state index in [9.17, 15) is 5.11 Å². The van der Waals surface area contributed by atoms with Crippen molar-refractivity contribution in [1.29, 1.82) is 0 Å². The molecule has 2 aromatic heterocycles. The van der Waals surface area contributed by atoms with Crippen LogP contribution in [0.2, 0.25) is 0 Å². The second-order valence-corrected chi connectivity index (χ2v) is 6.37. The minimum absolute atomic E-state index is 0.447. The van der Waals surface area contributed by atoms with E-state index in [0.717, 1.165) is 47.6 Å². The van der Waals surface area contributed by atoms with Gasteiger partial charge in [-0.3, -0.25) is 0 Å². The van der Waals surface area contributed by atoms with Crippen LogP contribution in [-0.4, -0.2) is 25.2 Å². The van der Waals surface area contributed by atoms with E-state index < -0.39 is 5.60 Å². The molecule has 0 radical (unpaired) electrons. The lowest BCUT2D eigenvalue weighted by Crippen LogP contribution is -2.36. The second kappa shape index (κ2) is 4.95. The first kappa shape index (κ1) is 13.5. The molecule has 0 amide bonds. The molecule has 3 N–H and O–H groups in total. The third kappa shape index (κ3) is 2.13. The van der Waals surface area contributed by atoms with Crippen LogP contribution in [0.25, 0.3) is 21.9 Å². The molecule has 0 atom stereocenters. The summed E-state index contributed by atoms with van der Waals surface area (Å²) in [7, 11) is 0. The monoisotopic (exact) mass is 296 g/mol. The molecular formula is C17H20N4O. The summed E-state index contributed by atoms with van der Waals surface area (Å²) < 4.78 is 2.04. The number of benzene rings is 1. The summed E-state index contributed by atoms with van der Waals surface area (Å²) in [4.78, 5) is 8.85. The lowest BCUT2D eigenvalue weighted by molar-refractivity contribution is -0.0105. The average Bonchev–Trinajstić information content (AvgIpc) is 2.92. The van der Waals surface area contributed by atoms with E-state index in [2.05, 4.69) is 9.97 Å². The molecule has 1 saturated carbocycles. The van der Waals surface area contributed by atoms with E-state index >= 15 is 0 Å². The summed E-state index contributed by atoms with van der Waals surface area (Å²) in [6.45, 7) is 0.566. The SMILES string of the molecule is Nc1nc2ccccc2c2c1ncn2CC1(O)CCCCC1. The van der Waals surface area contributed by atoms with E-state index in [1.165, 1.54) is 6.42 Å². The maximum absolute atomic E-state index is 10.8. The summed E-state index contributed by atoms with van der Waals surface area (Å²) >= 11 is 0. The number of aliphatic hydroxyl groups is 1. The molecule has 1 aliphatic carbocycles. The molecule has 4 rings (SSSR count). The lowest BCUT2D eigenvalue weighted by Gasteiger charge is -2.32. The average molecular weight is 296 g/mol. The Morgan fingerprint density at radius 2 is 1.95 bits per heavy atom. The number of para-hydroxylation sites is 1. The highest BCUT2D eigenvalue weighted by Crippen LogP contribution is 2.32. The van der Waals surface area contributed by atoms with Crippen molar-refractivity contribution in [3.8, 4) is 0 Å². The van der Waals surface area contributed by atoms with E-state index in [1.807, 2.05) is 28.8 Å². The Morgan fingerprint density at radius 1 is 1.18 bits per heavy atom. The number of rotatable bonds is 2. The Balaban J connectivity index is 1.88. The number of nitrogens with two attached hydrogens (primary N) is 1. The molecule has 1 aromatic carbocycles. The Hall–Kier alpha value is -2.14. The van der Waals surface area contributed by atoms with Crippen molar-refractivity contribution in [2.75, 3.05) is 5.73 Å². The van der Waals surface area contributed by atoms with Crippen LogP contribution in [0.4, 0.5) is 5.82 Å². The number of hydrogen-bond donors (Lipinski definition) is 2. The first-order chi connectivity index (χ1) is 10.7. The number of imidazole rings is 1. The van der Waals surface area contributed by atoms with Gasteiger partial charge in [0.25, 0.3) is 0 Å². The van der Waals surface area contributed by atoms with Crippen LogP contribution in [0.3, 0.4) is 0 Å². The van der Waals surface area contributed by atoms with Gasteiger partial charge in [-0.2, -0.15) is 0 Å². The molecule has 0 spiro atoms. The van der Waals surface area contributed by atoms with Crippen LogP contribution in [0.5, 0.6) is 0 Å². The zero-order chi connectivity index (χ0) is 15.2. The Labute approximate surface area is 128 Å². The summed E-state index contributed by atoms with van der Waals surface area (Å²) in [5.74, 6) is 0.447. The van der Waals surface area contributed by atoms with Gasteiger partial charge in [-0.1, -0.05) is 37.5 Å². The van der Waals surface area contributed by atoms with Gasteiger partial charge >= 0.3 is 0 Å². The third-order valence-corrected chi connectivity index (χ3v) is 4.73. The maximum atomic E-state index is 10.8. The quantitative estimate of drug-likeness (QED) is 0.762. The normalized spacial score (nSPS) is 18.0. The molecule has 114 valence electrons.